The fraction of sp³-hybridized carbons (Fsp3) is 0.500. The summed E-state index contributed by atoms with van der Waals surface area (Å²) in [5.41, 5.74) is 0.180. The van der Waals surface area contributed by atoms with Crippen molar-refractivity contribution in [1.29, 1.82) is 0 Å². The summed E-state index contributed by atoms with van der Waals surface area (Å²) >= 11 is 0. The Morgan fingerprint density at radius 1 is 1.25 bits per heavy atom. The molecule has 0 saturated heterocycles. The molecule has 0 aliphatic heterocycles. The number of rotatable bonds is 9. The summed E-state index contributed by atoms with van der Waals surface area (Å²) in [7, 11) is 0. The second-order valence-corrected chi connectivity index (χ2v) is 7.08. The van der Waals surface area contributed by atoms with Gasteiger partial charge < -0.3 is 19.7 Å². The molecule has 1 aliphatic rings. The quantitative estimate of drug-likeness (QED) is 0.680. The van der Waals surface area contributed by atoms with Crippen molar-refractivity contribution >= 4 is 11.9 Å². The summed E-state index contributed by atoms with van der Waals surface area (Å²) in [6.45, 7) is 2.52. The minimum Gasteiger partial charge on any atom is -0.494 e. The summed E-state index contributed by atoms with van der Waals surface area (Å²) in [4.78, 5) is 27.8. The Bertz CT molecular complexity index is 810. The largest absolute Gasteiger partial charge is 0.494 e. The molecule has 1 saturated carbocycles. The van der Waals surface area contributed by atoms with E-state index in [4.69, 9.17) is 14.4 Å². The van der Waals surface area contributed by atoms with Crippen LogP contribution < -0.4 is 10.1 Å². The van der Waals surface area contributed by atoms with Gasteiger partial charge in [0.1, 0.15) is 5.75 Å². The van der Waals surface area contributed by atoms with Crippen LogP contribution in [0.15, 0.2) is 28.8 Å². The molecule has 1 aromatic carbocycles. The molecule has 8 heteroatoms. The minimum absolute atomic E-state index is 0.0405. The molecule has 1 heterocycles. The number of carboxylic acid groups (broad SMARTS) is 1. The maximum atomic E-state index is 12.3. The number of aromatic nitrogens is 2. The Morgan fingerprint density at radius 2 is 1.96 bits per heavy atom. The lowest BCUT2D eigenvalue weighted by molar-refractivity contribution is -0.139. The average molecular weight is 387 g/mol. The van der Waals surface area contributed by atoms with Crippen LogP contribution in [0.3, 0.4) is 0 Å². The van der Waals surface area contributed by atoms with Crippen LogP contribution >= 0.6 is 0 Å². The predicted octanol–water partition coefficient (Wildman–Crippen LogP) is 2.97. The fourth-order valence-corrected chi connectivity index (χ4v) is 3.61. The number of carbonyl (C=O) groups is 2. The molecule has 1 fully saturated rings. The smallest absolute Gasteiger partial charge is 0.305 e. The van der Waals surface area contributed by atoms with E-state index in [9.17, 15) is 9.59 Å². The van der Waals surface area contributed by atoms with Crippen molar-refractivity contribution < 1.29 is 24.0 Å². The van der Waals surface area contributed by atoms with Crippen LogP contribution in [0.5, 0.6) is 5.75 Å². The summed E-state index contributed by atoms with van der Waals surface area (Å²) in [6, 6.07) is 7.38. The van der Waals surface area contributed by atoms with Crippen LogP contribution in [0, 0.1) is 0 Å². The highest BCUT2D eigenvalue weighted by atomic mass is 16.5. The highest BCUT2D eigenvalue weighted by molar-refractivity contribution is 5.78. The molecule has 0 bridgehead atoms. The third-order valence-corrected chi connectivity index (χ3v) is 4.91. The normalized spacial score (nSPS) is 15.3. The van der Waals surface area contributed by atoms with Gasteiger partial charge >= 0.3 is 5.97 Å². The van der Waals surface area contributed by atoms with Crippen molar-refractivity contribution in [3.05, 3.63) is 30.2 Å². The van der Waals surface area contributed by atoms with Crippen molar-refractivity contribution in [2.45, 2.75) is 57.4 Å². The molecule has 1 aliphatic carbocycles. The first-order chi connectivity index (χ1) is 13.5. The van der Waals surface area contributed by atoms with E-state index in [1.165, 1.54) is 0 Å². The monoisotopic (exact) mass is 387 g/mol. The minimum atomic E-state index is -0.890. The summed E-state index contributed by atoms with van der Waals surface area (Å²) in [5, 5.41) is 16.0. The van der Waals surface area contributed by atoms with Crippen LogP contribution in [0.25, 0.3) is 11.4 Å². The number of carboxylic acids is 1. The lowest BCUT2D eigenvalue weighted by Gasteiger charge is -2.28. The zero-order valence-corrected chi connectivity index (χ0v) is 15.9. The van der Waals surface area contributed by atoms with Crippen molar-refractivity contribution in [1.82, 2.24) is 15.5 Å². The summed E-state index contributed by atoms with van der Waals surface area (Å²) in [6.07, 6.45) is 3.71. The van der Waals surface area contributed by atoms with Gasteiger partial charge in [-0.15, -0.1) is 0 Å². The van der Waals surface area contributed by atoms with Gasteiger partial charge in [0.15, 0.2) is 0 Å². The maximum Gasteiger partial charge on any atom is 0.305 e. The van der Waals surface area contributed by atoms with Gasteiger partial charge in [-0.3, -0.25) is 9.59 Å². The molecule has 3 rings (SSSR count). The first kappa shape index (κ1) is 19.9. The van der Waals surface area contributed by atoms with Crippen LogP contribution in [0.4, 0.5) is 0 Å². The SMILES string of the molecule is CCOc1ccc(-c2noc(CCC(=O)NC3(CC(=O)O)CCCC3)n2)cc1. The Hall–Kier alpha value is -2.90. The lowest BCUT2D eigenvalue weighted by Crippen LogP contribution is -2.47. The highest BCUT2D eigenvalue weighted by Crippen LogP contribution is 2.32. The van der Waals surface area contributed by atoms with Gasteiger partial charge in [-0.2, -0.15) is 4.98 Å². The number of benzene rings is 1. The molecule has 0 atom stereocenters. The van der Waals surface area contributed by atoms with Crippen LogP contribution in [-0.4, -0.2) is 39.3 Å². The summed E-state index contributed by atoms with van der Waals surface area (Å²) < 4.78 is 10.6. The zero-order chi connectivity index (χ0) is 20.0. The van der Waals surface area contributed by atoms with Gasteiger partial charge in [0.2, 0.25) is 17.6 Å². The third-order valence-electron chi connectivity index (χ3n) is 4.91. The number of hydrogen-bond acceptors (Lipinski definition) is 6. The maximum absolute atomic E-state index is 12.3. The molecule has 1 aromatic heterocycles. The molecular weight excluding hydrogens is 362 g/mol. The Balaban J connectivity index is 1.55. The molecular formula is C20H25N3O5. The van der Waals surface area contributed by atoms with E-state index in [-0.39, 0.29) is 18.7 Å². The highest BCUT2D eigenvalue weighted by Gasteiger charge is 2.37. The van der Waals surface area contributed by atoms with Crippen LogP contribution in [-0.2, 0) is 16.0 Å². The van der Waals surface area contributed by atoms with E-state index in [1.807, 2.05) is 31.2 Å². The number of aryl methyl sites for hydroxylation is 1. The Morgan fingerprint density at radius 3 is 2.61 bits per heavy atom. The first-order valence-corrected chi connectivity index (χ1v) is 9.58. The second-order valence-electron chi connectivity index (χ2n) is 7.08. The number of amides is 1. The summed E-state index contributed by atoms with van der Waals surface area (Å²) in [5.74, 6) is 0.520. The molecule has 0 unspecified atom stereocenters. The van der Waals surface area contributed by atoms with Crippen molar-refractivity contribution in [3.8, 4) is 17.1 Å². The third kappa shape index (κ3) is 5.09. The van der Waals surface area contributed by atoms with Gasteiger partial charge in [-0.25, -0.2) is 0 Å². The standard InChI is InChI=1S/C20H25N3O5/c1-2-27-15-7-5-14(6-8-15)19-21-17(28-23-19)10-9-16(24)22-20(13-18(25)26)11-3-4-12-20/h5-8H,2-4,9-13H2,1H3,(H,22,24)(H,25,26). The number of nitrogens with zero attached hydrogens (tertiary/aromatic N) is 2. The Kier molecular flexibility index (Phi) is 6.28. The van der Waals surface area contributed by atoms with E-state index < -0.39 is 11.5 Å². The number of hydrogen-bond donors (Lipinski definition) is 2. The molecule has 0 radical (unpaired) electrons. The van der Waals surface area contributed by atoms with Crippen molar-refractivity contribution in [2.75, 3.05) is 6.61 Å². The zero-order valence-electron chi connectivity index (χ0n) is 15.9. The van der Waals surface area contributed by atoms with Crippen molar-refractivity contribution in [3.63, 3.8) is 0 Å². The Labute approximate surface area is 163 Å². The molecule has 1 amide bonds. The van der Waals surface area contributed by atoms with Gasteiger partial charge in [0, 0.05) is 18.4 Å². The lowest BCUT2D eigenvalue weighted by atomic mass is 9.93. The van der Waals surface area contributed by atoms with Gasteiger partial charge in [0.05, 0.1) is 18.6 Å². The second kappa shape index (κ2) is 8.86. The molecule has 0 spiro atoms. The van der Waals surface area contributed by atoms with E-state index in [0.717, 1.165) is 24.2 Å². The van der Waals surface area contributed by atoms with Crippen LogP contribution in [0.1, 0.15) is 51.3 Å². The van der Waals surface area contributed by atoms with Crippen LogP contribution in [0.2, 0.25) is 0 Å². The predicted molar refractivity (Wildman–Crippen MR) is 101 cm³/mol. The molecule has 8 nitrogen and oxygen atoms in total. The average Bonchev–Trinajstić information content (AvgIpc) is 3.30. The molecule has 28 heavy (non-hydrogen) atoms. The van der Waals surface area contributed by atoms with Gasteiger partial charge in [-0.1, -0.05) is 18.0 Å². The molecule has 150 valence electrons. The van der Waals surface area contributed by atoms with Gasteiger partial charge in [-0.05, 0) is 44.0 Å². The molecule has 2 N–H and O–H groups in total. The number of nitrogens with one attached hydrogen (secondary N) is 1. The fourth-order valence-electron chi connectivity index (χ4n) is 3.61. The number of aliphatic carboxylic acids is 1. The number of ether oxygens (including phenoxy) is 1. The van der Waals surface area contributed by atoms with Gasteiger partial charge in [0.25, 0.3) is 0 Å². The van der Waals surface area contributed by atoms with Crippen molar-refractivity contribution in [2.24, 2.45) is 0 Å². The van der Waals surface area contributed by atoms with E-state index >= 15 is 0 Å². The topological polar surface area (TPSA) is 115 Å². The van der Waals surface area contributed by atoms with E-state index in [2.05, 4.69) is 15.5 Å². The van der Waals surface area contributed by atoms with E-state index in [0.29, 0.717) is 37.6 Å². The number of carbonyl (C=O) groups excluding carboxylic acids is 1. The first-order valence-electron chi connectivity index (χ1n) is 9.58. The molecule has 2 aromatic rings. The van der Waals surface area contributed by atoms with E-state index in [1.54, 1.807) is 0 Å².